The summed E-state index contributed by atoms with van der Waals surface area (Å²) in [5.41, 5.74) is 0.360. The Labute approximate surface area is 174 Å². The molecule has 30 heavy (non-hydrogen) atoms. The minimum atomic E-state index is -4.10. The summed E-state index contributed by atoms with van der Waals surface area (Å²) < 4.78 is 54.6. The van der Waals surface area contributed by atoms with Gasteiger partial charge in [-0.1, -0.05) is 36.4 Å². The van der Waals surface area contributed by atoms with Gasteiger partial charge in [-0.05, 0) is 36.4 Å². The molecule has 1 amide bonds. The number of amides is 1. The van der Waals surface area contributed by atoms with Crippen molar-refractivity contribution in [2.24, 2.45) is 0 Å². The van der Waals surface area contributed by atoms with Crippen molar-refractivity contribution < 1.29 is 22.0 Å². The Bertz CT molecular complexity index is 1180. The Morgan fingerprint density at radius 3 is 2.17 bits per heavy atom. The van der Waals surface area contributed by atoms with Crippen LogP contribution in [-0.2, 0) is 16.6 Å². The minimum Gasteiger partial charge on any atom is -0.337 e. The van der Waals surface area contributed by atoms with Gasteiger partial charge in [-0.3, -0.25) is 9.10 Å². The number of benzene rings is 3. The van der Waals surface area contributed by atoms with E-state index in [0.29, 0.717) is 5.56 Å². The van der Waals surface area contributed by atoms with Gasteiger partial charge in [0.1, 0.15) is 11.6 Å². The van der Waals surface area contributed by atoms with E-state index in [1.807, 2.05) is 0 Å². The lowest BCUT2D eigenvalue weighted by atomic mass is 10.1. The summed E-state index contributed by atoms with van der Waals surface area (Å²) in [6.45, 7) is 0.0254. The molecule has 3 rings (SSSR count). The van der Waals surface area contributed by atoms with Crippen molar-refractivity contribution in [3.8, 4) is 0 Å². The van der Waals surface area contributed by atoms with Crippen LogP contribution in [0.5, 0.6) is 0 Å². The normalized spacial score (nSPS) is 11.2. The highest BCUT2D eigenvalue weighted by molar-refractivity contribution is 7.92. The molecule has 0 aliphatic heterocycles. The predicted octanol–water partition coefficient (Wildman–Crippen LogP) is 4.06. The Balaban J connectivity index is 1.87. The fourth-order valence-corrected chi connectivity index (χ4v) is 4.21. The summed E-state index contributed by atoms with van der Waals surface area (Å²) in [5.74, 6) is -1.58. The van der Waals surface area contributed by atoms with Crippen molar-refractivity contribution in [3.05, 3.63) is 95.6 Å². The van der Waals surface area contributed by atoms with Crippen LogP contribution in [0.25, 0.3) is 0 Å². The maximum absolute atomic E-state index is 14.0. The Hall–Kier alpha value is -3.26. The number of sulfonamides is 1. The van der Waals surface area contributed by atoms with Gasteiger partial charge in [-0.2, -0.15) is 0 Å². The molecule has 0 spiro atoms. The molecule has 156 valence electrons. The smallest absolute Gasteiger partial charge is 0.264 e. The molecule has 0 N–H and O–H groups in total. The van der Waals surface area contributed by atoms with Gasteiger partial charge in [-0.15, -0.1) is 0 Å². The topological polar surface area (TPSA) is 57.7 Å². The highest BCUT2D eigenvalue weighted by Crippen LogP contribution is 2.25. The van der Waals surface area contributed by atoms with Crippen LogP contribution in [0.1, 0.15) is 15.9 Å². The van der Waals surface area contributed by atoms with Crippen LogP contribution in [0.2, 0.25) is 0 Å². The molecule has 0 fully saturated rings. The molecule has 0 bridgehead atoms. The Kier molecular flexibility index (Phi) is 6.17. The third-order valence-corrected chi connectivity index (χ3v) is 6.41. The molecule has 0 saturated carbocycles. The molecule has 0 aliphatic rings. The average molecular weight is 430 g/mol. The first-order valence-electron chi connectivity index (χ1n) is 9.04. The molecule has 0 saturated heterocycles. The first-order chi connectivity index (χ1) is 14.2. The highest BCUT2D eigenvalue weighted by atomic mass is 32.2. The van der Waals surface area contributed by atoms with Crippen molar-refractivity contribution in [3.63, 3.8) is 0 Å². The number of halogens is 2. The van der Waals surface area contributed by atoms with Gasteiger partial charge in [0.15, 0.2) is 0 Å². The second-order valence-corrected chi connectivity index (χ2v) is 8.67. The second kappa shape index (κ2) is 8.62. The molecule has 8 heteroatoms. The monoisotopic (exact) mass is 430 g/mol. The molecule has 0 unspecified atom stereocenters. The fraction of sp³-hybridized carbons (Fsp3) is 0.136. The van der Waals surface area contributed by atoms with Crippen LogP contribution in [0.15, 0.2) is 77.7 Å². The fourth-order valence-electron chi connectivity index (χ4n) is 2.96. The summed E-state index contributed by atoms with van der Waals surface area (Å²) in [4.78, 5) is 13.9. The van der Waals surface area contributed by atoms with Crippen LogP contribution < -0.4 is 4.31 Å². The van der Waals surface area contributed by atoms with Gasteiger partial charge in [0.05, 0.1) is 10.6 Å². The average Bonchev–Trinajstić information content (AvgIpc) is 2.74. The molecule has 5 nitrogen and oxygen atoms in total. The number of para-hydroxylation sites is 1. The zero-order valence-corrected chi connectivity index (χ0v) is 17.2. The second-order valence-electron chi connectivity index (χ2n) is 6.70. The number of hydrogen-bond acceptors (Lipinski definition) is 3. The predicted molar refractivity (Wildman–Crippen MR) is 111 cm³/mol. The molecule has 0 atom stereocenters. The van der Waals surface area contributed by atoms with E-state index in [2.05, 4.69) is 0 Å². The van der Waals surface area contributed by atoms with Crippen molar-refractivity contribution in [1.29, 1.82) is 0 Å². The van der Waals surface area contributed by atoms with Crippen LogP contribution in [0.4, 0.5) is 14.5 Å². The highest BCUT2D eigenvalue weighted by Gasteiger charge is 2.25. The molecule has 0 heterocycles. The largest absolute Gasteiger partial charge is 0.337 e. The summed E-state index contributed by atoms with van der Waals surface area (Å²) in [5, 5.41) is 0. The molecular formula is C22H20F2N2O3S. The molecular weight excluding hydrogens is 410 g/mol. The van der Waals surface area contributed by atoms with E-state index >= 15 is 0 Å². The summed E-state index contributed by atoms with van der Waals surface area (Å²) in [7, 11) is -1.36. The molecule has 3 aromatic rings. The molecule has 3 aromatic carbocycles. The lowest BCUT2D eigenvalue weighted by Crippen LogP contribution is -2.29. The molecule has 0 radical (unpaired) electrons. The lowest BCUT2D eigenvalue weighted by molar-refractivity contribution is 0.0783. The number of anilines is 1. The number of nitrogens with zero attached hydrogens (tertiary/aromatic N) is 2. The zero-order chi connectivity index (χ0) is 21.9. The van der Waals surface area contributed by atoms with Gasteiger partial charge in [0.2, 0.25) is 0 Å². The van der Waals surface area contributed by atoms with E-state index in [9.17, 15) is 22.0 Å². The first-order valence-corrected chi connectivity index (χ1v) is 10.5. The van der Waals surface area contributed by atoms with E-state index in [4.69, 9.17) is 0 Å². The third kappa shape index (κ3) is 4.33. The van der Waals surface area contributed by atoms with Crippen LogP contribution >= 0.6 is 0 Å². The number of carbonyl (C=O) groups is 1. The number of rotatable bonds is 6. The van der Waals surface area contributed by atoms with Gasteiger partial charge >= 0.3 is 0 Å². The van der Waals surface area contributed by atoms with E-state index < -0.39 is 27.6 Å². The van der Waals surface area contributed by atoms with E-state index in [1.165, 1.54) is 73.6 Å². The van der Waals surface area contributed by atoms with Gasteiger partial charge in [0.25, 0.3) is 15.9 Å². The standard InChI is InChI=1S/C22H20F2N2O3S/c1-25(15-17-8-3-4-11-19(17)23)22(27)16-9-7-10-18(14-16)30(28,29)26(2)21-13-6-5-12-20(21)24/h3-14H,15H2,1-2H3. The van der Waals surface area contributed by atoms with Crippen molar-refractivity contribution in [2.75, 3.05) is 18.4 Å². The summed E-state index contributed by atoms with van der Waals surface area (Å²) in [6, 6.07) is 17.1. The minimum absolute atomic E-state index is 0.0254. The lowest BCUT2D eigenvalue weighted by Gasteiger charge is -2.21. The zero-order valence-electron chi connectivity index (χ0n) is 16.4. The summed E-state index contributed by atoms with van der Waals surface area (Å²) in [6.07, 6.45) is 0. The number of hydrogen-bond donors (Lipinski definition) is 0. The van der Waals surface area contributed by atoms with Gasteiger partial charge < -0.3 is 4.90 Å². The maximum atomic E-state index is 14.0. The van der Waals surface area contributed by atoms with Crippen LogP contribution in [0, 0.1) is 11.6 Å². The van der Waals surface area contributed by atoms with Crippen LogP contribution in [0.3, 0.4) is 0 Å². The quantitative estimate of drug-likeness (QED) is 0.593. The van der Waals surface area contributed by atoms with Crippen molar-refractivity contribution in [1.82, 2.24) is 4.90 Å². The Morgan fingerprint density at radius 2 is 1.50 bits per heavy atom. The molecule has 0 aromatic heterocycles. The number of carbonyl (C=O) groups excluding carboxylic acids is 1. The van der Waals surface area contributed by atoms with Crippen LogP contribution in [-0.4, -0.2) is 33.3 Å². The van der Waals surface area contributed by atoms with Gasteiger partial charge in [-0.25, -0.2) is 17.2 Å². The van der Waals surface area contributed by atoms with E-state index in [-0.39, 0.29) is 22.7 Å². The van der Waals surface area contributed by atoms with Gasteiger partial charge in [0, 0.05) is 31.8 Å². The third-order valence-electron chi connectivity index (χ3n) is 4.64. The Morgan fingerprint density at radius 1 is 0.867 bits per heavy atom. The first kappa shape index (κ1) is 21.4. The molecule has 0 aliphatic carbocycles. The maximum Gasteiger partial charge on any atom is 0.264 e. The van der Waals surface area contributed by atoms with Crippen molar-refractivity contribution >= 4 is 21.6 Å². The SMILES string of the molecule is CN(Cc1ccccc1F)C(=O)c1cccc(S(=O)(=O)N(C)c2ccccc2F)c1. The van der Waals surface area contributed by atoms with E-state index in [1.54, 1.807) is 18.2 Å². The van der Waals surface area contributed by atoms with Crippen molar-refractivity contribution in [2.45, 2.75) is 11.4 Å². The van der Waals surface area contributed by atoms with E-state index in [0.717, 1.165) is 4.31 Å². The summed E-state index contributed by atoms with van der Waals surface area (Å²) >= 11 is 0.